The highest BCUT2D eigenvalue weighted by atomic mass is 16.3. The summed E-state index contributed by atoms with van der Waals surface area (Å²) in [4.78, 5) is 2.53. The van der Waals surface area contributed by atoms with Crippen LogP contribution >= 0.6 is 0 Å². The lowest BCUT2D eigenvalue weighted by Gasteiger charge is -2.26. The third-order valence-corrected chi connectivity index (χ3v) is 3.12. The van der Waals surface area contributed by atoms with Crippen LogP contribution in [-0.2, 0) is 13.2 Å². The summed E-state index contributed by atoms with van der Waals surface area (Å²) in [6, 6.07) is 1.98. The van der Waals surface area contributed by atoms with Gasteiger partial charge in [-0.25, -0.2) is 0 Å². The summed E-state index contributed by atoms with van der Waals surface area (Å²) in [5.41, 5.74) is 1.01. The van der Waals surface area contributed by atoms with E-state index < -0.39 is 0 Å². The van der Waals surface area contributed by atoms with Crippen molar-refractivity contribution in [3.8, 4) is 0 Å². The molecule has 1 aromatic rings. The van der Waals surface area contributed by atoms with Crippen LogP contribution in [0.1, 0.15) is 24.8 Å². The minimum atomic E-state index is 0.150. The second kappa shape index (κ2) is 5.33. The molecule has 1 saturated heterocycles. The molecule has 0 radical (unpaired) electrons. The van der Waals surface area contributed by atoms with Crippen LogP contribution in [0.25, 0.3) is 0 Å². The van der Waals surface area contributed by atoms with Crippen LogP contribution in [0.3, 0.4) is 0 Å². The number of rotatable bonds is 4. The van der Waals surface area contributed by atoms with E-state index in [1.165, 1.54) is 32.4 Å². The van der Waals surface area contributed by atoms with E-state index in [0.29, 0.717) is 0 Å². The molecule has 2 heterocycles. The Hall–Kier alpha value is -0.800. The molecule has 2 rings (SSSR count). The number of likely N-dealkylation sites (tertiary alicyclic amines) is 1. The zero-order valence-electron chi connectivity index (χ0n) is 9.23. The number of aromatic nitrogens is 1. The van der Waals surface area contributed by atoms with Gasteiger partial charge >= 0.3 is 0 Å². The smallest absolute Gasteiger partial charge is 0.0696 e. The van der Waals surface area contributed by atoms with Gasteiger partial charge in [0.1, 0.15) is 0 Å². The maximum atomic E-state index is 8.94. The molecule has 1 aromatic heterocycles. The topological polar surface area (TPSA) is 28.4 Å². The molecule has 1 fully saturated rings. The van der Waals surface area contributed by atoms with Gasteiger partial charge in [-0.05, 0) is 37.6 Å². The lowest BCUT2D eigenvalue weighted by Crippen LogP contribution is -2.32. The Kier molecular flexibility index (Phi) is 3.80. The molecule has 84 valence electrons. The first-order valence-electron chi connectivity index (χ1n) is 5.86. The van der Waals surface area contributed by atoms with Gasteiger partial charge in [0.05, 0.1) is 6.61 Å². The van der Waals surface area contributed by atoms with Gasteiger partial charge in [-0.15, -0.1) is 0 Å². The molecule has 0 spiro atoms. The van der Waals surface area contributed by atoms with Gasteiger partial charge in [-0.3, -0.25) is 0 Å². The van der Waals surface area contributed by atoms with Gasteiger partial charge in [0.25, 0.3) is 0 Å². The van der Waals surface area contributed by atoms with E-state index in [9.17, 15) is 0 Å². The summed E-state index contributed by atoms with van der Waals surface area (Å²) in [6.07, 6.45) is 8.19. The minimum Gasteiger partial charge on any atom is -0.392 e. The average Bonchev–Trinajstić information content (AvgIpc) is 2.76. The first kappa shape index (κ1) is 10.7. The summed E-state index contributed by atoms with van der Waals surface area (Å²) in [5.74, 6) is 0. The molecule has 0 aromatic carbocycles. The largest absolute Gasteiger partial charge is 0.392 e. The van der Waals surface area contributed by atoms with Gasteiger partial charge in [-0.2, -0.15) is 0 Å². The number of hydrogen-bond donors (Lipinski definition) is 1. The normalized spacial score (nSPS) is 18.2. The molecule has 0 saturated carbocycles. The van der Waals surface area contributed by atoms with Crippen molar-refractivity contribution < 1.29 is 5.11 Å². The van der Waals surface area contributed by atoms with E-state index in [1.807, 2.05) is 12.3 Å². The molecule has 15 heavy (non-hydrogen) atoms. The maximum Gasteiger partial charge on any atom is 0.0696 e. The van der Waals surface area contributed by atoms with E-state index >= 15 is 0 Å². The summed E-state index contributed by atoms with van der Waals surface area (Å²) < 4.78 is 2.17. The molecule has 0 aliphatic carbocycles. The third kappa shape index (κ3) is 3.08. The highest BCUT2D eigenvalue weighted by Crippen LogP contribution is 2.08. The van der Waals surface area contributed by atoms with Gasteiger partial charge < -0.3 is 14.6 Å². The van der Waals surface area contributed by atoms with Crippen molar-refractivity contribution in [1.29, 1.82) is 0 Å². The predicted molar refractivity (Wildman–Crippen MR) is 60.6 cm³/mol. The Morgan fingerprint density at radius 3 is 2.60 bits per heavy atom. The summed E-state index contributed by atoms with van der Waals surface area (Å²) >= 11 is 0. The SMILES string of the molecule is OCc1ccn(CCN2CCCCC2)c1. The Balaban J connectivity index is 1.76. The molecule has 1 aliphatic heterocycles. The molecule has 0 bridgehead atoms. The van der Waals surface area contributed by atoms with Crippen LogP contribution in [0, 0.1) is 0 Å². The van der Waals surface area contributed by atoms with Crippen LogP contribution in [0.5, 0.6) is 0 Å². The fraction of sp³-hybridized carbons (Fsp3) is 0.667. The van der Waals surface area contributed by atoms with Gasteiger partial charge in [-0.1, -0.05) is 6.42 Å². The first-order chi connectivity index (χ1) is 7.38. The summed E-state index contributed by atoms with van der Waals surface area (Å²) in [5, 5.41) is 8.94. The summed E-state index contributed by atoms with van der Waals surface area (Å²) in [7, 11) is 0. The van der Waals surface area contributed by atoms with Crippen LogP contribution in [0.15, 0.2) is 18.5 Å². The van der Waals surface area contributed by atoms with Crippen molar-refractivity contribution in [2.75, 3.05) is 19.6 Å². The number of aliphatic hydroxyl groups is 1. The van der Waals surface area contributed by atoms with Crippen molar-refractivity contribution in [2.24, 2.45) is 0 Å². The lowest BCUT2D eigenvalue weighted by atomic mass is 10.1. The fourth-order valence-electron chi connectivity index (χ4n) is 2.16. The Morgan fingerprint density at radius 1 is 1.13 bits per heavy atom. The van der Waals surface area contributed by atoms with E-state index in [0.717, 1.165) is 18.7 Å². The first-order valence-corrected chi connectivity index (χ1v) is 5.86. The quantitative estimate of drug-likeness (QED) is 0.811. The Labute approximate surface area is 91.3 Å². The van der Waals surface area contributed by atoms with E-state index in [-0.39, 0.29) is 6.61 Å². The van der Waals surface area contributed by atoms with Crippen molar-refractivity contribution in [3.63, 3.8) is 0 Å². The average molecular weight is 208 g/mol. The standard InChI is InChI=1S/C12H20N2O/c15-11-12-4-7-14(10-12)9-8-13-5-2-1-3-6-13/h4,7,10,15H,1-3,5-6,8-9,11H2. The van der Waals surface area contributed by atoms with Crippen molar-refractivity contribution in [3.05, 3.63) is 24.0 Å². The highest BCUT2D eigenvalue weighted by Gasteiger charge is 2.09. The minimum absolute atomic E-state index is 0.150. The van der Waals surface area contributed by atoms with Crippen molar-refractivity contribution >= 4 is 0 Å². The van der Waals surface area contributed by atoms with Crippen molar-refractivity contribution in [1.82, 2.24) is 9.47 Å². The molecule has 3 nitrogen and oxygen atoms in total. The lowest BCUT2D eigenvalue weighted by molar-refractivity contribution is 0.220. The zero-order valence-corrected chi connectivity index (χ0v) is 9.23. The van der Waals surface area contributed by atoms with Crippen LogP contribution in [-0.4, -0.2) is 34.2 Å². The second-order valence-electron chi connectivity index (χ2n) is 4.32. The predicted octanol–water partition coefficient (Wildman–Crippen LogP) is 1.47. The number of piperidine rings is 1. The highest BCUT2D eigenvalue weighted by molar-refractivity contribution is 5.08. The number of hydrogen-bond acceptors (Lipinski definition) is 2. The fourth-order valence-corrected chi connectivity index (χ4v) is 2.16. The van der Waals surface area contributed by atoms with Crippen LogP contribution < -0.4 is 0 Å². The Morgan fingerprint density at radius 2 is 1.93 bits per heavy atom. The van der Waals surface area contributed by atoms with Crippen LogP contribution in [0.2, 0.25) is 0 Å². The van der Waals surface area contributed by atoms with E-state index in [1.54, 1.807) is 0 Å². The van der Waals surface area contributed by atoms with Gasteiger partial charge in [0, 0.05) is 25.5 Å². The number of nitrogens with zero attached hydrogens (tertiary/aromatic N) is 2. The molecule has 1 N–H and O–H groups in total. The van der Waals surface area contributed by atoms with Crippen molar-refractivity contribution in [2.45, 2.75) is 32.4 Å². The maximum absolute atomic E-state index is 8.94. The number of aliphatic hydroxyl groups excluding tert-OH is 1. The zero-order chi connectivity index (χ0) is 10.5. The molecule has 0 amide bonds. The molecule has 1 aliphatic rings. The van der Waals surface area contributed by atoms with E-state index in [4.69, 9.17) is 5.11 Å². The second-order valence-corrected chi connectivity index (χ2v) is 4.32. The third-order valence-electron chi connectivity index (χ3n) is 3.12. The molecule has 0 atom stereocenters. The summed E-state index contributed by atoms with van der Waals surface area (Å²) in [6.45, 7) is 4.85. The van der Waals surface area contributed by atoms with Crippen LogP contribution in [0.4, 0.5) is 0 Å². The molecular formula is C12H20N2O. The van der Waals surface area contributed by atoms with Gasteiger partial charge in [0.15, 0.2) is 0 Å². The monoisotopic (exact) mass is 208 g/mol. The van der Waals surface area contributed by atoms with E-state index in [2.05, 4.69) is 15.7 Å². The van der Waals surface area contributed by atoms with Gasteiger partial charge in [0.2, 0.25) is 0 Å². The molecular weight excluding hydrogens is 188 g/mol. The molecule has 0 unspecified atom stereocenters. The Bertz CT molecular complexity index is 290. The molecule has 3 heteroatoms.